The zero-order chi connectivity index (χ0) is 17.3. The van der Waals surface area contributed by atoms with Crippen LogP contribution in [0.1, 0.15) is 38.5 Å². The van der Waals surface area contributed by atoms with Crippen LogP contribution in [-0.2, 0) is 9.59 Å². The maximum absolute atomic E-state index is 12.6. The normalized spacial score (nSPS) is 19.4. The molecule has 0 unspecified atom stereocenters. The van der Waals surface area contributed by atoms with E-state index in [4.69, 9.17) is 4.74 Å². The average molecular weight is 335 g/mol. The number of rotatable bonds is 3. The van der Waals surface area contributed by atoms with Gasteiger partial charge in [-0.05, 0) is 54.7 Å². The average Bonchev–Trinajstić information content (AvgIpc) is 3.04. The molecule has 0 atom stereocenters. The van der Waals surface area contributed by atoms with Crippen LogP contribution in [0, 0.1) is 5.41 Å². The Morgan fingerprint density at radius 1 is 0.760 bits per heavy atom. The van der Waals surface area contributed by atoms with Crippen LogP contribution in [0.4, 0.5) is 5.69 Å². The molecule has 1 aliphatic heterocycles. The van der Waals surface area contributed by atoms with Gasteiger partial charge in [0.1, 0.15) is 11.5 Å². The first-order chi connectivity index (χ1) is 12.2. The minimum absolute atomic E-state index is 0.0684. The molecule has 2 aromatic carbocycles. The maximum atomic E-state index is 12.6. The van der Waals surface area contributed by atoms with Crippen molar-refractivity contribution in [2.24, 2.45) is 5.41 Å². The molecule has 1 spiro atoms. The number of para-hydroxylation sites is 1. The molecule has 2 fully saturated rings. The van der Waals surface area contributed by atoms with Crippen molar-refractivity contribution in [3.05, 3.63) is 54.6 Å². The molecule has 4 rings (SSSR count). The number of anilines is 1. The fourth-order valence-electron chi connectivity index (χ4n) is 4.06. The number of piperidine rings is 1. The first kappa shape index (κ1) is 15.9. The summed E-state index contributed by atoms with van der Waals surface area (Å²) in [5.41, 5.74) is 0.560. The first-order valence-electron chi connectivity index (χ1n) is 8.84. The molecule has 4 nitrogen and oxygen atoms in total. The Hall–Kier alpha value is -2.62. The second-order valence-corrected chi connectivity index (χ2v) is 7.09. The standard InChI is InChI=1S/C21H21NO3/c23-19-14-21(12-4-5-13-21)15-20(24)22(19)16-8-10-18(11-9-16)25-17-6-2-1-3-7-17/h1-3,6-11H,4-5,12-15H2. The van der Waals surface area contributed by atoms with Crippen LogP contribution in [0.15, 0.2) is 54.6 Å². The van der Waals surface area contributed by atoms with E-state index in [9.17, 15) is 9.59 Å². The van der Waals surface area contributed by atoms with E-state index in [1.54, 1.807) is 24.3 Å². The second kappa shape index (κ2) is 6.36. The van der Waals surface area contributed by atoms with Crippen LogP contribution in [0.5, 0.6) is 11.5 Å². The van der Waals surface area contributed by atoms with Crippen molar-refractivity contribution >= 4 is 17.5 Å². The van der Waals surface area contributed by atoms with Crippen LogP contribution >= 0.6 is 0 Å². The lowest BCUT2D eigenvalue weighted by Gasteiger charge is -2.37. The molecule has 2 aromatic rings. The zero-order valence-corrected chi connectivity index (χ0v) is 14.1. The summed E-state index contributed by atoms with van der Waals surface area (Å²) >= 11 is 0. The van der Waals surface area contributed by atoms with E-state index in [2.05, 4.69) is 0 Å². The summed E-state index contributed by atoms with van der Waals surface area (Å²) < 4.78 is 5.76. The van der Waals surface area contributed by atoms with Crippen molar-refractivity contribution in [3.63, 3.8) is 0 Å². The topological polar surface area (TPSA) is 46.6 Å². The smallest absolute Gasteiger partial charge is 0.234 e. The Labute approximate surface area is 147 Å². The quantitative estimate of drug-likeness (QED) is 0.764. The van der Waals surface area contributed by atoms with E-state index in [0.29, 0.717) is 24.3 Å². The summed E-state index contributed by atoms with van der Waals surface area (Å²) in [6.45, 7) is 0. The van der Waals surface area contributed by atoms with Gasteiger partial charge in [-0.2, -0.15) is 0 Å². The lowest BCUT2D eigenvalue weighted by atomic mass is 9.76. The van der Waals surface area contributed by atoms with Gasteiger partial charge in [0.2, 0.25) is 11.8 Å². The molecule has 4 heteroatoms. The highest BCUT2D eigenvalue weighted by Crippen LogP contribution is 2.47. The second-order valence-electron chi connectivity index (χ2n) is 7.09. The molecular formula is C21H21NO3. The van der Waals surface area contributed by atoms with Gasteiger partial charge in [-0.15, -0.1) is 0 Å². The van der Waals surface area contributed by atoms with Gasteiger partial charge in [0.25, 0.3) is 0 Å². The van der Waals surface area contributed by atoms with E-state index in [-0.39, 0.29) is 17.2 Å². The molecule has 0 bridgehead atoms. The molecule has 0 aromatic heterocycles. The SMILES string of the molecule is O=C1CC2(CCCC2)CC(=O)N1c1ccc(Oc2ccccc2)cc1. The molecule has 1 heterocycles. The van der Waals surface area contributed by atoms with E-state index in [0.717, 1.165) is 31.4 Å². The Balaban J connectivity index is 1.50. The molecule has 0 N–H and O–H groups in total. The largest absolute Gasteiger partial charge is 0.457 e. The summed E-state index contributed by atoms with van der Waals surface area (Å²) in [7, 11) is 0. The van der Waals surface area contributed by atoms with Gasteiger partial charge < -0.3 is 4.74 Å². The molecular weight excluding hydrogens is 314 g/mol. The molecule has 1 saturated heterocycles. The third-order valence-electron chi connectivity index (χ3n) is 5.29. The Morgan fingerprint density at radius 3 is 1.92 bits per heavy atom. The van der Waals surface area contributed by atoms with Crippen LogP contribution in [0.3, 0.4) is 0 Å². The summed E-state index contributed by atoms with van der Waals surface area (Å²) in [5, 5.41) is 0. The third-order valence-corrected chi connectivity index (χ3v) is 5.29. The van der Waals surface area contributed by atoms with Gasteiger partial charge in [-0.3, -0.25) is 14.5 Å². The molecule has 128 valence electrons. The number of imide groups is 1. The van der Waals surface area contributed by atoms with Crippen molar-refractivity contribution < 1.29 is 14.3 Å². The number of carbonyl (C=O) groups is 2. The van der Waals surface area contributed by atoms with E-state index < -0.39 is 0 Å². The predicted octanol–water partition coefficient (Wildman–Crippen LogP) is 4.69. The highest BCUT2D eigenvalue weighted by atomic mass is 16.5. The van der Waals surface area contributed by atoms with Crippen molar-refractivity contribution in [1.82, 2.24) is 0 Å². The Bertz CT molecular complexity index is 757. The number of amides is 2. The minimum atomic E-state index is -0.0742. The van der Waals surface area contributed by atoms with E-state index >= 15 is 0 Å². The van der Waals surface area contributed by atoms with Crippen molar-refractivity contribution in [2.75, 3.05) is 4.90 Å². The third kappa shape index (κ3) is 3.16. The molecule has 2 aliphatic rings. The van der Waals surface area contributed by atoms with Gasteiger partial charge in [0.15, 0.2) is 0 Å². The minimum Gasteiger partial charge on any atom is -0.457 e. The Kier molecular flexibility index (Phi) is 4.04. The van der Waals surface area contributed by atoms with Crippen LogP contribution in [-0.4, -0.2) is 11.8 Å². The number of hydrogen-bond acceptors (Lipinski definition) is 3. The fraction of sp³-hybridized carbons (Fsp3) is 0.333. The van der Waals surface area contributed by atoms with Crippen molar-refractivity contribution in [2.45, 2.75) is 38.5 Å². The first-order valence-corrected chi connectivity index (χ1v) is 8.84. The zero-order valence-electron chi connectivity index (χ0n) is 14.1. The van der Waals surface area contributed by atoms with Gasteiger partial charge >= 0.3 is 0 Å². The lowest BCUT2D eigenvalue weighted by Crippen LogP contribution is -2.47. The molecule has 25 heavy (non-hydrogen) atoms. The van der Waals surface area contributed by atoms with Crippen molar-refractivity contribution in [3.8, 4) is 11.5 Å². The molecule has 0 radical (unpaired) electrons. The highest BCUT2D eigenvalue weighted by Gasteiger charge is 2.45. The van der Waals surface area contributed by atoms with Crippen LogP contribution in [0.25, 0.3) is 0 Å². The van der Waals surface area contributed by atoms with Gasteiger partial charge in [0, 0.05) is 12.8 Å². The van der Waals surface area contributed by atoms with Gasteiger partial charge in [-0.25, -0.2) is 0 Å². The maximum Gasteiger partial charge on any atom is 0.234 e. The number of carbonyl (C=O) groups excluding carboxylic acids is 2. The monoisotopic (exact) mass is 335 g/mol. The number of ether oxygens (including phenoxy) is 1. The number of nitrogens with zero attached hydrogens (tertiary/aromatic N) is 1. The van der Waals surface area contributed by atoms with E-state index in [1.165, 1.54) is 4.90 Å². The Morgan fingerprint density at radius 2 is 1.32 bits per heavy atom. The van der Waals surface area contributed by atoms with Gasteiger partial charge in [-0.1, -0.05) is 31.0 Å². The summed E-state index contributed by atoms with van der Waals surface area (Å²) in [4.78, 5) is 26.6. The van der Waals surface area contributed by atoms with Crippen molar-refractivity contribution in [1.29, 1.82) is 0 Å². The summed E-state index contributed by atoms with van der Waals surface area (Å²) in [5.74, 6) is 1.28. The number of hydrogen-bond donors (Lipinski definition) is 0. The summed E-state index contributed by atoms with van der Waals surface area (Å²) in [6, 6.07) is 16.7. The number of benzene rings is 2. The fourth-order valence-corrected chi connectivity index (χ4v) is 4.06. The molecule has 2 amide bonds. The predicted molar refractivity (Wildman–Crippen MR) is 95.6 cm³/mol. The van der Waals surface area contributed by atoms with Crippen LogP contribution < -0.4 is 9.64 Å². The summed E-state index contributed by atoms with van der Waals surface area (Å²) in [6.07, 6.45) is 5.24. The lowest BCUT2D eigenvalue weighted by molar-refractivity contribution is -0.133. The highest BCUT2D eigenvalue weighted by molar-refractivity contribution is 6.17. The van der Waals surface area contributed by atoms with Gasteiger partial charge in [0.05, 0.1) is 5.69 Å². The molecule has 1 saturated carbocycles. The van der Waals surface area contributed by atoms with Crippen LogP contribution in [0.2, 0.25) is 0 Å². The molecule has 1 aliphatic carbocycles. The van der Waals surface area contributed by atoms with E-state index in [1.807, 2.05) is 30.3 Å².